The molecule has 1 aromatic rings. The van der Waals surface area contributed by atoms with Gasteiger partial charge >= 0.3 is 5.97 Å². The maximum atomic E-state index is 12.7. The lowest BCUT2D eigenvalue weighted by atomic mass is 9.84. The van der Waals surface area contributed by atoms with Crippen LogP contribution in [0, 0.1) is 31.6 Å². The van der Waals surface area contributed by atoms with Gasteiger partial charge in [-0.05, 0) is 70.3 Å². The van der Waals surface area contributed by atoms with Gasteiger partial charge in [-0.1, -0.05) is 6.42 Å². The van der Waals surface area contributed by atoms with Crippen LogP contribution in [0.25, 0.3) is 0 Å². The zero-order valence-corrected chi connectivity index (χ0v) is 15.1. The summed E-state index contributed by atoms with van der Waals surface area (Å²) in [5.41, 5.74) is 2.31. The minimum atomic E-state index is -0.371. The SMILES string of the molecule is CCOC(=O)c1c(C)[nH]c(C(=O)N[C@@H](C)[C@H]2C[C@H]3CC[C@H]2C3)c1C. The van der Waals surface area contributed by atoms with Crippen molar-refractivity contribution in [1.82, 2.24) is 10.3 Å². The lowest BCUT2D eigenvalue weighted by molar-refractivity contribution is 0.0525. The van der Waals surface area contributed by atoms with E-state index in [1.807, 2.05) is 0 Å². The molecule has 2 fully saturated rings. The number of hydrogen-bond donors (Lipinski definition) is 2. The first kappa shape index (κ1) is 17.1. The van der Waals surface area contributed by atoms with Gasteiger partial charge in [-0.3, -0.25) is 4.79 Å². The first-order chi connectivity index (χ1) is 11.4. The number of H-pyrrole nitrogens is 1. The minimum Gasteiger partial charge on any atom is -0.462 e. The van der Waals surface area contributed by atoms with Crippen LogP contribution in [0.1, 0.15) is 71.6 Å². The monoisotopic (exact) mass is 332 g/mol. The molecule has 5 nitrogen and oxygen atoms in total. The van der Waals surface area contributed by atoms with E-state index >= 15 is 0 Å². The molecule has 5 heteroatoms. The van der Waals surface area contributed by atoms with Crippen LogP contribution >= 0.6 is 0 Å². The minimum absolute atomic E-state index is 0.124. The summed E-state index contributed by atoms with van der Waals surface area (Å²) in [6.45, 7) is 7.81. The average Bonchev–Trinajstić information content (AvgIpc) is 3.21. The van der Waals surface area contributed by atoms with Crippen LogP contribution in [0.2, 0.25) is 0 Å². The fourth-order valence-electron chi connectivity index (χ4n) is 4.78. The van der Waals surface area contributed by atoms with Crippen molar-refractivity contribution in [2.75, 3.05) is 6.61 Å². The third-order valence-corrected chi connectivity index (χ3v) is 5.94. The molecule has 0 spiro atoms. The third-order valence-electron chi connectivity index (χ3n) is 5.94. The van der Waals surface area contributed by atoms with Crippen molar-refractivity contribution in [3.05, 3.63) is 22.5 Å². The summed E-state index contributed by atoms with van der Waals surface area (Å²) >= 11 is 0. The molecular formula is C19H28N2O3. The van der Waals surface area contributed by atoms with Crippen LogP contribution in [-0.4, -0.2) is 29.5 Å². The number of amides is 1. The molecule has 2 saturated carbocycles. The maximum Gasteiger partial charge on any atom is 0.340 e. The Hall–Kier alpha value is -1.78. The van der Waals surface area contributed by atoms with Crippen molar-refractivity contribution in [3.8, 4) is 0 Å². The number of aryl methyl sites for hydroxylation is 1. The highest BCUT2D eigenvalue weighted by atomic mass is 16.5. The number of aromatic amines is 1. The Balaban J connectivity index is 1.71. The van der Waals surface area contributed by atoms with Gasteiger partial charge in [0.2, 0.25) is 0 Å². The van der Waals surface area contributed by atoms with E-state index in [0.717, 1.165) is 11.8 Å². The maximum absolute atomic E-state index is 12.7. The number of ether oxygens (including phenoxy) is 1. The van der Waals surface area contributed by atoms with Gasteiger partial charge in [0.1, 0.15) is 5.69 Å². The van der Waals surface area contributed by atoms with Crippen molar-refractivity contribution in [2.24, 2.45) is 17.8 Å². The van der Waals surface area contributed by atoms with E-state index < -0.39 is 0 Å². The molecule has 0 aliphatic heterocycles. The van der Waals surface area contributed by atoms with Crippen LogP contribution in [0.4, 0.5) is 0 Å². The second-order valence-corrected chi connectivity index (χ2v) is 7.45. The molecule has 3 rings (SSSR count). The van der Waals surface area contributed by atoms with Crippen LogP contribution in [-0.2, 0) is 4.74 Å². The number of hydrogen-bond acceptors (Lipinski definition) is 3. The van der Waals surface area contributed by atoms with Crippen LogP contribution in [0.15, 0.2) is 0 Å². The molecule has 1 aromatic heterocycles. The summed E-state index contributed by atoms with van der Waals surface area (Å²) in [6, 6.07) is 0.168. The van der Waals surface area contributed by atoms with E-state index in [9.17, 15) is 9.59 Å². The van der Waals surface area contributed by atoms with E-state index in [4.69, 9.17) is 4.74 Å². The summed E-state index contributed by atoms with van der Waals surface area (Å²) in [4.78, 5) is 27.8. The number of rotatable bonds is 5. The van der Waals surface area contributed by atoms with Crippen molar-refractivity contribution < 1.29 is 14.3 Å². The van der Waals surface area contributed by atoms with Gasteiger partial charge in [0.05, 0.1) is 12.2 Å². The molecule has 0 saturated heterocycles. The van der Waals surface area contributed by atoms with E-state index in [2.05, 4.69) is 17.2 Å². The lowest BCUT2D eigenvalue weighted by Gasteiger charge is -2.28. The Morgan fingerprint density at radius 3 is 2.62 bits per heavy atom. The molecule has 24 heavy (non-hydrogen) atoms. The van der Waals surface area contributed by atoms with Crippen molar-refractivity contribution in [1.29, 1.82) is 0 Å². The molecule has 0 unspecified atom stereocenters. The molecule has 2 bridgehead atoms. The predicted octanol–water partition coefficient (Wildman–Crippen LogP) is 3.36. The number of nitrogens with one attached hydrogen (secondary N) is 2. The molecule has 0 aromatic carbocycles. The van der Waals surface area contributed by atoms with Crippen molar-refractivity contribution >= 4 is 11.9 Å². The van der Waals surface area contributed by atoms with Gasteiger partial charge in [0.25, 0.3) is 5.91 Å². The Morgan fingerprint density at radius 1 is 1.29 bits per heavy atom. The van der Waals surface area contributed by atoms with Gasteiger partial charge in [0.15, 0.2) is 0 Å². The number of esters is 1. The van der Waals surface area contributed by atoms with Gasteiger partial charge in [-0.2, -0.15) is 0 Å². The van der Waals surface area contributed by atoms with Crippen LogP contribution in [0.5, 0.6) is 0 Å². The van der Waals surface area contributed by atoms with Crippen molar-refractivity contribution in [2.45, 2.75) is 59.4 Å². The van der Waals surface area contributed by atoms with Crippen LogP contribution < -0.4 is 5.32 Å². The third kappa shape index (κ3) is 2.96. The van der Waals surface area contributed by atoms with Gasteiger partial charge in [-0.25, -0.2) is 4.79 Å². The molecule has 2 aliphatic carbocycles. The highest BCUT2D eigenvalue weighted by Gasteiger charge is 2.42. The largest absolute Gasteiger partial charge is 0.462 e. The average molecular weight is 332 g/mol. The number of fused-ring (bicyclic) bond motifs is 2. The van der Waals surface area contributed by atoms with Crippen LogP contribution in [0.3, 0.4) is 0 Å². The lowest BCUT2D eigenvalue weighted by Crippen LogP contribution is -2.40. The predicted molar refractivity (Wildman–Crippen MR) is 92.1 cm³/mol. The fraction of sp³-hybridized carbons (Fsp3) is 0.684. The number of carbonyl (C=O) groups is 2. The Morgan fingerprint density at radius 2 is 2.04 bits per heavy atom. The normalized spacial score (nSPS) is 26.4. The second-order valence-electron chi connectivity index (χ2n) is 7.45. The van der Waals surface area contributed by atoms with Crippen molar-refractivity contribution in [3.63, 3.8) is 0 Å². The summed E-state index contributed by atoms with van der Waals surface area (Å²) in [7, 11) is 0. The van der Waals surface area contributed by atoms with E-state index in [0.29, 0.717) is 35.0 Å². The molecular weight excluding hydrogens is 304 g/mol. The molecule has 4 atom stereocenters. The highest BCUT2D eigenvalue weighted by Crippen LogP contribution is 2.49. The Bertz CT molecular complexity index is 649. The smallest absolute Gasteiger partial charge is 0.340 e. The second kappa shape index (κ2) is 6.61. The standard InChI is InChI=1S/C19H28N2O3/c1-5-24-19(23)16-10(2)17(20-12(16)4)18(22)21-11(3)15-9-13-6-7-14(15)8-13/h11,13-15,20H,5-9H2,1-4H3,(H,21,22)/t11-,13-,14-,15+/m0/s1. The van der Waals surface area contributed by atoms with Gasteiger partial charge in [-0.15, -0.1) is 0 Å². The van der Waals surface area contributed by atoms with E-state index in [-0.39, 0.29) is 17.9 Å². The molecule has 1 amide bonds. The fourth-order valence-corrected chi connectivity index (χ4v) is 4.78. The Labute approximate surface area is 143 Å². The quantitative estimate of drug-likeness (QED) is 0.812. The number of aromatic nitrogens is 1. The van der Waals surface area contributed by atoms with Gasteiger partial charge in [0, 0.05) is 11.7 Å². The zero-order chi connectivity index (χ0) is 17.4. The molecule has 132 valence electrons. The first-order valence-electron chi connectivity index (χ1n) is 9.09. The molecule has 2 aliphatic rings. The van der Waals surface area contributed by atoms with E-state index in [1.54, 1.807) is 20.8 Å². The van der Waals surface area contributed by atoms with Gasteiger partial charge < -0.3 is 15.0 Å². The summed E-state index contributed by atoms with van der Waals surface area (Å²) in [6.07, 6.45) is 5.24. The molecule has 1 heterocycles. The van der Waals surface area contributed by atoms with E-state index in [1.165, 1.54) is 25.7 Å². The molecule has 2 N–H and O–H groups in total. The number of carbonyl (C=O) groups excluding carboxylic acids is 2. The highest BCUT2D eigenvalue weighted by molar-refractivity contribution is 6.00. The zero-order valence-electron chi connectivity index (χ0n) is 15.1. The Kier molecular flexibility index (Phi) is 4.70. The summed E-state index contributed by atoms with van der Waals surface area (Å²) in [5.74, 6) is 1.73. The molecule has 0 radical (unpaired) electrons. The summed E-state index contributed by atoms with van der Waals surface area (Å²) < 4.78 is 5.09. The first-order valence-corrected chi connectivity index (χ1v) is 9.09. The topological polar surface area (TPSA) is 71.2 Å². The summed E-state index contributed by atoms with van der Waals surface area (Å²) in [5, 5.41) is 3.15.